The van der Waals surface area contributed by atoms with E-state index in [1.807, 2.05) is 0 Å². The van der Waals surface area contributed by atoms with Crippen LogP contribution in [0.1, 0.15) is 19.8 Å². The second kappa shape index (κ2) is 3.21. The van der Waals surface area contributed by atoms with E-state index in [4.69, 9.17) is 0 Å². The van der Waals surface area contributed by atoms with Gasteiger partial charge in [-0.1, -0.05) is 0 Å². The smallest absolute Gasteiger partial charge is 0.252 e. The molecule has 1 rings (SSSR count). The molecule has 0 aromatic heterocycles. The quantitative estimate of drug-likeness (QED) is 0.684. The molecular weight excluding hydrogens is 178 g/mol. The van der Waals surface area contributed by atoms with Crippen LogP contribution < -0.4 is 10.6 Å². The summed E-state index contributed by atoms with van der Waals surface area (Å²) in [6.07, 6.45) is -0.527. The summed E-state index contributed by atoms with van der Waals surface area (Å²) < 4.78 is 25.3. The molecule has 0 heterocycles. The first-order valence-electron chi connectivity index (χ1n) is 4.20. The molecule has 0 unspecified atom stereocenters. The fraction of sp³-hybridized carbons (Fsp3) is 0.875. The highest BCUT2D eigenvalue weighted by Crippen LogP contribution is 2.45. The van der Waals surface area contributed by atoms with Crippen LogP contribution in [-0.2, 0) is 4.79 Å². The number of halogens is 2. The van der Waals surface area contributed by atoms with Crippen molar-refractivity contribution in [1.82, 2.24) is 10.6 Å². The van der Waals surface area contributed by atoms with E-state index in [-0.39, 0.29) is 18.7 Å². The van der Waals surface area contributed by atoms with E-state index in [0.717, 1.165) is 0 Å². The molecule has 0 saturated heterocycles. The van der Waals surface area contributed by atoms with Gasteiger partial charge < -0.3 is 10.6 Å². The molecule has 1 amide bonds. The van der Waals surface area contributed by atoms with Crippen LogP contribution >= 0.6 is 0 Å². The molecule has 3 nitrogen and oxygen atoms in total. The zero-order valence-corrected chi connectivity index (χ0v) is 7.79. The lowest BCUT2D eigenvalue weighted by molar-refractivity contribution is -0.145. The van der Waals surface area contributed by atoms with Gasteiger partial charge in [0.25, 0.3) is 5.92 Å². The minimum absolute atomic E-state index is 0.259. The van der Waals surface area contributed by atoms with Crippen molar-refractivity contribution >= 4 is 5.91 Å². The highest BCUT2D eigenvalue weighted by atomic mass is 19.3. The standard InChI is InChI=1S/C8H14F2N2O/c1-6(13)12-7(5-11-2)3-8(9,10)4-7/h11H,3-5H2,1-2H3,(H,12,13). The molecule has 1 aliphatic rings. The van der Waals surface area contributed by atoms with Crippen LogP contribution in [0.25, 0.3) is 0 Å². The average molecular weight is 192 g/mol. The third-order valence-corrected chi connectivity index (χ3v) is 2.15. The van der Waals surface area contributed by atoms with Gasteiger partial charge in [0.05, 0.1) is 5.54 Å². The van der Waals surface area contributed by atoms with Crippen LogP contribution in [0.4, 0.5) is 8.78 Å². The van der Waals surface area contributed by atoms with Crippen molar-refractivity contribution in [2.75, 3.05) is 13.6 Å². The highest BCUT2D eigenvalue weighted by molar-refractivity contribution is 5.74. The topological polar surface area (TPSA) is 41.1 Å². The second-order valence-electron chi connectivity index (χ2n) is 3.70. The second-order valence-corrected chi connectivity index (χ2v) is 3.70. The van der Waals surface area contributed by atoms with Gasteiger partial charge in [0, 0.05) is 26.3 Å². The molecule has 0 bridgehead atoms. The van der Waals surface area contributed by atoms with Crippen LogP contribution in [0.3, 0.4) is 0 Å². The molecule has 0 aromatic rings. The van der Waals surface area contributed by atoms with Gasteiger partial charge in [-0.05, 0) is 7.05 Å². The van der Waals surface area contributed by atoms with Gasteiger partial charge in [0.1, 0.15) is 0 Å². The SMILES string of the molecule is CNCC1(NC(C)=O)CC(F)(F)C1. The third-order valence-electron chi connectivity index (χ3n) is 2.15. The van der Waals surface area contributed by atoms with E-state index < -0.39 is 11.5 Å². The minimum atomic E-state index is -2.61. The van der Waals surface area contributed by atoms with Crippen molar-refractivity contribution < 1.29 is 13.6 Å². The number of hydrogen-bond donors (Lipinski definition) is 2. The predicted molar refractivity (Wildman–Crippen MR) is 44.7 cm³/mol. The maximum atomic E-state index is 12.6. The first kappa shape index (κ1) is 10.4. The van der Waals surface area contributed by atoms with Crippen LogP contribution in [0.5, 0.6) is 0 Å². The number of amides is 1. The Labute approximate surface area is 75.9 Å². The molecule has 1 aliphatic carbocycles. The zero-order chi connectivity index (χ0) is 10.1. The number of rotatable bonds is 3. The summed E-state index contributed by atoms with van der Waals surface area (Å²) in [5, 5.41) is 5.37. The summed E-state index contributed by atoms with van der Waals surface area (Å²) in [4.78, 5) is 10.8. The monoisotopic (exact) mass is 192 g/mol. The average Bonchev–Trinajstić information content (AvgIpc) is 1.80. The zero-order valence-electron chi connectivity index (χ0n) is 7.79. The number of hydrogen-bond acceptors (Lipinski definition) is 2. The number of carbonyl (C=O) groups excluding carboxylic acids is 1. The molecule has 0 aliphatic heterocycles. The Kier molecular flexibility index (Phi) is 2.56. The molecule has 5 heteroatoms. The molecule has 2 N–H and O–H groups in total. The number of nitrogens with one attached hydrogen (secondary N) is 2. The fourth-order valence-electron chi connectivity index (χ4n) is 1.91. The Bertz CT molecular complexity index is 210. The Morgan fingerprint density at radius 3 is 2.31 bits per heavy atom. The van der Waals surface area contributed by atoms with Crippen LogP contribution in [0.15, 0.2) is 0 Å². The van der Waals surface area contributed by atoms with E-state index in [2.05, 4.69) is 10.6 Å². The molecule has 76 valence electrons. The van der Waals surface area contributed by atoms with Gasteiger partial charge in [-0.2, -0.15) is 0 Å². The van der Waals surface area contributed by atoms with E-state index in [1.54, 1.807) is 7.05 Å². The Morgan fingerprint density at radius 2 is 2.00 bits per heavy atom. The van der Waals surface area contributed by atoms with Gasteiger partial charge in [0.2, 0.25) is 5.91 Å². The highest BCUT2D eigenvalue weighted by Gasteiger charge is 2.56. The fourth-order valence-corrected chi connectivity index (χ4v) is 1.91. The lowest BCUT2D eigenvalue weighted by Crippen LogP contribution is -2.66. The molecule has 0 spiro atoms. The number of likely N-dealkylation sites (N-methyl/N-ethyl adjacent to an activating group) is 1. The van der Waals surface area contributed by atoms with Gasteiger partial charge in [-0.25, -0.2) is 8.78 Å². The largest absolute Gasteiger partial charge is 0.349 e. The van der Waals surface area contributed by atoms with Gasteiger partial charge in [-0.3, -0.25) is 4.79 Å². The van der Waals surface area contributed by atoms with E-state index in [9.17, 15) is 13.6 Å². The van der Waals surface area contributed by atoms with Gasteiger partial charge in [0.15, 0.2) is 0 Å². The Hall–Kier alpha value is -0.710. The molecular formula is C8H14F2N2O. The third kappa shape index (κ3) is 2.37. The summed E-state index contributed by atoms with van der Waals surface area (Å²) >= 11 is 0. The molecule has 13 heavy (non-hydrogen) atoms. The minimum Gasteiger partial charge on any atom is -0.349 e. The summed E-state index contributed by atoms with van der Waals surface area (Å²) in [5.74, 6) is -2.87. The van der Waals surface area contributed by atoms with Crippen LogP contribution in [0, 0.1) is 0 Å². The first-order valence-corrected chi connectivity index (χ1v) is 4.20. The van der Waals surface area contributed by atoms with E-state index in [0.29, 0.717) is 6.54 Å². The molecule has 1 fully saturated rings. The van der Waals surface area contributed by atoms with Crippen molar-refractivity contribution in [3.8, 4) is 0 Å². The van der Waals surface area contributed by atoms with Gasteiger partial charge in [-0.15, -0.1) is 0 Å². The summed E-state index contributed by atoms with van der Waals surface area (Å²) in [7, 11) is 1.68. The van der Waals surface area contributed by atoms with Crippen molar-refractivity contribution in [3.05, 3.63) is 0 Å². The maximum Gasteiger partial charge on any atom is 0.252 e. The van der Waals surface area contributed by atoms with E-state index >= 15 is 0 Å². The molecule has 1 saturated carbocycles. The molecule has 0 radical (unpaired) electrons. The lowest BCUT2D eigenvalue weighted by Gasteiger charge is -2.47. The van der Waals surface area contributed by atoms with Crippen molar-refractivity contribution in [2.24, 2.45) is 0 Å². The molecule has 0 atom stereocenters. The van der Waals surface area contributed by atoms with E-state index in [1.165, 1.54) is 6.92 Å². The normalized spacial score (nSPS) is 23.4. The van der Waals surface area contributed by atoms with Crippen LogP contribution in [-0.4, -0.2) is 31.0 Å². The van der Waals surface area contributed by atoms with Crippen molar-refractivity contribution in [2.45, 2.75) is 31.2 Å². The first-order chi connectivity index (χ1) is 5.89. The maximum absolute atomic E-state index is 12.6. The summed E-state index contributed by atoms with van der Waals surface area (Å²) in [5.41, 5.74) is -0.732. The molecule has 0 aromatic carbocycles. The van der Waals surface area contributed by atoms with Gasteiger partial charge >= 0.3 is 0 Å². The summed E-state index contributed by atoms with van der Waals surface area (Å²) in [6, 6.07) is 0. The number of carbonyl (C=O) groups is 1. The Balaban J connectivity index is 2.54. The van der Waals surface area contributed by atoms with Crippen molar-refractivity contribution in [1.29, 1.82) is 0 Å². The summed E-state index contributed by atoms with van der Waals surface area (Å²) in [6.45, 7) is 1.73. The lowest BCUT2D eigenvalue weighted by atomic mass is 9.73. The predicted octanol–water partition coefficient (Wildman–Crippen LogP) is 0.510. The van der Waals surface area contributed by atoms with Crippen molar-refractivity contribution in [3.63, 3.8) is 0 Å². The van der Waals surface area contributed by atoms with Crippen LogP contribution in [0.2, 0.25) is 0 Å². The number of alkyl halides is 2. The Morgan fingerprint density at radius 1 is 1.46 bits per heavy atom.